The first kappa shape index (κ1) is 23.7. The average Bonchev–Trinajstić information content (AvgIpc) is 3.37. The molecule has 3 heterocycles. The molecule has 1 N–H and O–H groups in total. The molecule has 7 nitrogen and oxygen atoms in total. The first-order chi connectivity index (χ1) is 16.7. The van der Waals surface area contributed by atoms with Gasteiger partial charge in [-0.25, -0.2) is 8.42 Å². The van der Waals surface area contributed by atoms with E-state index < -0.39 is 21.6 Å². The maximum Gasteiger partial charge on any atom is 0.418 e. The summed E-state index contributed by atoms with van der Waals surface area (Å²) in [4.78, 5) is 6.20. The summed E-state index contributed by atoms with van der Waals surface area (Å²) in [6, 6.07) is 13.7. The van der Waals surface area contributed by atoms with Gasteiger partial charge in [0.25, 0.3) is 0 Å². The number of sulfone groups is 1. The maximum atomic E-state index is 13.3. The quantitative estimate of drug-likeness (QED) is 0.543. The fourth-order valence-corrected chi connectivity index (χ4v) is 6.30. The Kier molecular flexibility index (Phi) is 6.22. The highest BCUT2D eigenvalue weighted by molar-refractivity contribution is 7.91. The van der Waals surface area contributed by atoms with E-state index in [1.54, 1.807) is 24.3 Å². The number of alkyl halides is 3. The van der Waals surface area contributed by atoms with Crippen LogP contribution in [0.4, 0.5) is 19.0 Å². The molecule has 0 bridgehead atoms. The van der Waals surface area contributed by atoms with Crippen LogP contribution >= 0.6 is 0 Å². The first-order valence-corrected chi connectivity index (χ1v) is 12.8. The predicted octanol–water partition coefficient (Wildman–Crippen LogP) is 4.05. The molecule has 0 radical (unpaired) electrons. The summed E-state index contributed by atoms with van der Waals surface area (Å²) in [6.07, 6.45) is -1.29. The maximum absolute atomic E-state index is 13.3. The Labute approximate surface area is 201 Å². The second-order valence-corrected chi connectivity index (χ2v) is 11.0. The van der Waals surface area contributed by atoms with E-state index in [1.165, 1.54) is 30.5 Å². The molecule has 1 aromatic carbocycles. The third-order valence-corrected chi connectivity index (χ3v) is 8.38. The van der Waals surface area contributed by atoms with E-state index >= 15 is 0 Å². The Hall–Kier alpha value is -3.05. The van der Waals surface area contributed by atoms with E-state index in [-0.39, 0.29) is 28.2 Å². The SMILES string of the molecule is O=S(=O)(c1ccccc1)c1ccc(N[C@H]2C[C@@H]3CN(Cc4ncccc4C(F)(F)F)C[C@@H]3C2)nn1. The highest BCUT2D eigenvalue weighted by Gasteiger charge is 2.42. The molecule has 3 aromatic rings. The van der Waals surface area contributed by atoms with E-state index in [4.69, 9.17) is 0 Å². The Balaban J connectivity index is 1.18. The molecule has 1 aliphatic heterocycles. The van der Waals surface area contributed by atoms with Gasteiger partial charge in [-0.1, -0.05) is 18.2 Å². The van der Waals surface area contributed by atoms with Crippen molar-refractivity contribution >= 4 is 15.7 Å². The van der Waals surface area contributed by atoms with E-state index in [2.05, 4.69) is 20.5 Å². The molecule has 2 aromatic heterocycles. The number of hydrogen-bond donors (Lipinski definition) is 1. The van der Waals surface area contributed by atoms with Gasteiger partial charge < -0.3 is 5.32 Å². The first-order valence-electron chi connectivity index (χ1n) is 11.3. The fraction of sp³-hybridized carbons (Fsp3) is 0.375. The summed E-state index contributed by atoms with van der Waals surface area (Å²) < 4.78 is 65.2. The van der Waals surface area contributed by atoms with Crippen LogP contribution in [0.25, 0.3) is 0 Å². The van der Waals surface area contributed by atoms with Crippen molar-refractivity contribution in [2.75, 3.05) is 18.4 Å². The monoisotopic (exact) mass is 503 g/mol. The van der Waals surface area contributed by atoms with Crippen LogP contribution in [-0.4, -0.2) is 47.6 Å². The lowest BCUT2D eigenvalue weighted by Crippen LogP contribution is -2.26. The van der Waals surface area contributed by atoms with Gasteiger partial charge in [0.2, 0.25) is 9.84 Å². The van der Waals surface area contributed by atoms with Gasteiger partial charge in [0.15, 0.2) is 5.03 Å². The van der Waals surface area contributed by atoms with Crippen molar-refractivity contribution in [3.05, 3.63) is 72.1 Å². The molecule has 0 spiro atoms. The molecular formula is C24H24F3N5O2S. The molecule has 184 valence electrons. The van der Waals surface area contributed by atoms with E-state index in [0.29, 0.717) is 17.7 Å². The lowest BCUT2D eigenvalue weighted by molar-refractivity contribution is -0.138. The summed E-state index contributed by atoms with van der Waals surface area (Å²) in [7, 11) is -3.72. The van der Waals surface area contributed by atoms with Crippen molar-refractivity contribution in [3.63, 3.8) is 0 Å². The Morgan fingerprint density at radius 3 is 2.29 bits per heavy atom. The second-order valence-electron chi connectivity index (χ2n) is 9.10. The Bertz CT molecular complexity index is 1270. The largest absolute Gasteiger partial charge is 0.418 e. The molecule has 11 heteroatoms. The van der Waals surface area contributed by atoms with Crippen LogP contribution < -0.4 is 5.32 Å². The van der Waals surface area contributed by atoms with Gasteiger partial charge in [0, 0.05) is 31.9 Å². The zero-order valence-electron chi connectivity index (χ0n) is 18.7. The number of rotatable bonds is 6. The molecule has 3 atom stereocenters. The minimum atomic E-state index is -4.41. The van der Waals surface area contributed by atoms with Gasteiger partial charge >= 0.3 is 6.18 Å². The van der Waals surface area contributed by atoms with Gasteiger partial charge in [-0.05, 0) is 61.1 Å². The van der Waals surface area contributed by atoms with Crippen LogP contribution in [0.2, 0.25) is 0 Å². The van der Waals surface area contributed by atoms with Crippen LogP contribution in [0.5, 0.6) is 0 Å². The number of fused-ring (bicyclic) bond motifs is 1. The van der Waals surface area contributed by atoms with Crippen LogP contribution in [0.15, 0.2) is 70.7 Å². The zero-order valence-corrected chi connectivity index (χ0v) is 19.5. The van der Waals surface area contributed by atoms with E-state index in [0.717, 1.165) is 32.0 Å². The van der Waals surface area contributed by atoms with Crippen molar-refractivity contribution in [2.24, 2.45) is 11.8 Å². The Morgan fingerprint density at radius 2 is 1.66 bits per heavy atom. The molecule has 0 unspecified atom stereocenters. The summed E-state index contributed by atoms with van der Waals surface area (Å²) in [5.41, 5.74) is -0.608. The molecule has 1 saturated heterocycles. The lowest BCUT2D eigenvalue weighted by Gasteiger charge is -2.21. The summed E-state index contributed by atoms with van der Waals surface area (Å²) >= 11 is 0. The number of likely N-dealkylation sites (tertiary alicyclic amines) is 1. The number of benzene rings is 1. The summed E-state index contributed by atoms with van der Waals surface area (Å²) in [5, 5.41) is 11.2. The molecule has 35 heavy (non-hydrogen) atoms. The summed E-state index contributed by atoms with van der Waals surface area (Å²) in [5.74, 6) is 1.25. The Morgan fingerprint density at radius 1 is 0.943 bits per heavy atom. The number of hydrogen-bond acceptors (Lipinski definition) is 7. The molecular weight excluding hydrogens is 479 g/mol. The number of aromatic nitrogens is 3. The molecule has 0 amide bonds. The average molecular weight is 504 g/mol. The fourth-order valence-electron chi connectivity index (χ4n) is 5.15. The molecule has 5 rings (SSSR count). The van der Waals surface area contributed by atoms with Gasteiger partial charge in [0.05, 0.1) is 16.2 Å². The number of anilines is 1. The topological polar surface area (TPSA) is 88.1 Å². The highest BCUT2D eigenvalue weighted by atomic mass is 32.2. The van der Waals surface area contributed by atoms with Crippen LogP contribution in [0.1, 0.15) is 24.1 Å². The standard InChI is InChI=1S/C24H24F3N5O2S/c25-24(26,27)20-7-4-10-28-21(20)15-32-13-16-11-18(12-17(16)14-32)29-22-8-9-23(31-30-22)35(33,34)19-5-2-1-3-6-19/h1-10,16-18H,11-15H2,(H,29,30)/t16-,17+,18+. The lowest BCUT2D eigenvalue weighted by atomic mass is 10.0. The van der Waals surface area contributed by atoms with Gasteiger partial charge in [-0.3, -0.25) is 9.88 Å². The third kappa shape index (κ3) is 5.01. The zero-order chi connectivity index (χ0) is 24.6. The summed E-state index contributed by atoms with van der Waals surface area (Å²) in [6.45, 7) is 1.62. The van der Waals surface area contributed by atoms with Crippen molar-refractivity contribution in [1.82, 2.24) is 20.1 Å². The van der Waals surface area contributed by atoms with Crippen molar-refractivity contribution < 1.29 is 21.6 Å². The van der Waals surface area contributed by atoms with Crippen LogP contribution in [-0.2, 0) is 22.6 Å². The van der Waals surface area contributed by atoms with Gasteiger partial charge in [-0.2, -0.15) is 13.2 Å². The number of nitrogens with one attached hydrogen (secondary N) is 1. The van der Waals surface area contributed by atoms with Crippen molar-refractivity contribution in [2.45, 2.75) is 41.5 Å². The van der Waals surface area contributed by atoms with Crippen LogP contribution in [0.3, 0.4) is 0 Å². The molecule has 2 aliphatic rings. The molecule has 2 fully saturated rings. The minimum absolute atomic E-state index is 0.0652. The van der Waals surface area contributed by atoms with Crippen molar-refractivity contribution in [1.29, 1.82) is 0 Å². The second kappa shape index (κ2) is 9.19. The molecule has 1 saturated carbocycles. The molecule has 1 aliphatic carbocycles. The smallest absolute Gasteiger partial charge is 0.366 e. The van der Waals surface area contributed by atoms with Crippen molar-refractivity contribution in [3.8, 4) is 0 Å². The predicted molar refractivity (Wildman–Crippen MR) is 122 cm³/mol. The van der Waals surface area contributed by atoms with Gasteiger partial charge in [0.1, 0.15) is 5.82 Å². The number of halogens is 3. The van der Waals surface area contributed by atoms with Gasteiger partial charge in [-0.15, -0.1) is 10.2 Å². The third-order valence-electron chi connectivity index (χ3n) is 6.72. The highest BCUT2D eigenvalue weighted by Crippen LogP contribution is 2.40. The number of nitrogens with zero attached hydrogens (tertiary/aromatic N) is 4. The van der Waals surface area contributed by atoms with E-state index in [1.807, 2.05) is 4.90 Å². The minimum Gasteiger partial charge on any atom is -0.366 e. The normalized spacial score (nSPS) is 22.8. The number of pyridine rings is 1. The van der Waals surface area contributed by atoms with Crippen LogP contribution in [0, 0.1) is 11.8 Å². The van der Waals surface area contributed by atoms with E-state index in [9.17, 15) is 21.6 Å².